The van der Waals surface area contributed by atoms with Gasteiger partial charge in [-0.3, -0.25) is 0 Å². The van der Waals surface area contributed by atoms with Gasteiger partial charge in [0.1, 0.15) is 0 Å². The van der Waals surface area contributed by atoms with Gasteiger partial charge >= 0.3 is 5.97 Å². The number of thioether (sulfide) groups is 1. The van der Waals surface area contributed by atoms with Crippen molar-refractivity contribution in [2.45, 2.75) is 11.3 Å². The predicted molar refractivity (Wildman–Crippen MR) is 75.7 cm³/mol. The first-order valence-corrected chi connectivity index (χ1v) is 6.83. The third-order valence-electron chi connectivity index (χ3n) is 3.06. The standard InChI is InChI=1S/C14H15NO2S/c1-18-14(15,13(16)17)9-11-7-4-6-10-5-2-3-8-12(10)11/h2-8H,9,15H2,1H3,(H,16,17)/t14-/m1/s1. The van der Waals surface area contributed by atoms with Gasteiger partial charge in [0.15, 0.2) is 4.87 Å². The Morgan fingerprint density at radius 2 is 1.94 bits per heavy atom. The van der Waals surface area contributed by atoms with Crippen LogP contribution in [-0.4, -0.2) is 22.2 Å². The zero-order valence-corrected chi connectivity index (χ0v) is 10.9. The molecule has 2 rings (SSSR count). The molecule has 0 aliphatic carbocycles. The predicted octanol–water partition coefficient (Wildman–Crippen LogP) is 2.48. The van der Waals surface area contributed by atoms with Crippen LogP contribution in [0.5, 0.6) is 0 Å². The molecule has 0 fully saturated rings. The Labute approximate surface area is 110 Å². The molecule has 0 heterocycles. The van der Waals surface area contributed by atoms with Crippen molar-refractivity contribution in [3.8, 4) is 0 Å². The number of carboxylic acid groups (broad SMARTS) is 1. The second-order valence-electron chi connectivity index (χ2n) is 4.21. The van der Waals surface area contributed by atoms with Crippen molar-refractivity contribution >= 4 is 28.5 Å². The molecule has 2 aromatic carbocycles. The Bertz CT molecular complexity index is 580. The summed E-state index contributed by atoms with van der Waals surface area (Å²) < 4.78 is 0. The molecule has 0 saturated heterocycles. The van der Waals surface area contributed by atoms with Crippen molar-refractivity contribution in [3.63, 3.8) is 0 Å². The molecule has 94 valence electrons. The smallest absolute Gasteiger partial charge is 0.334 e. The van der Waals surface area contributed by atoms with E-state index in [1.165, 1.54) is 0 Å². The van der Waals surface area contributed by atoms with E-state index in [9.17, 15) is 9.90 Å². The molecule has 3 nitrogen and oxygen atoms in total. The molecular formula is C14H15NO2S. The van der Waals surface area contributed by atoms with Crippen LogP contribution in [0.15, 0.2) is 42.5 Å². The molecule has 3 N–H and O–H groups in total. The van der Waals surface area contributed by atoms with Crippen LogP contribution >= 0.6 is 11.8 Å². The van der Waals surface area contributed by atoms with Crippen LogP contribution in [-0.2, 0) is 11.2 Å². The Hall–Kier alpha value is -1.52. The number of fused-ring (bicyclic) bond motifs is 1. The number of hydrogen-bond donors (Lipinski definition) is 2. The fourth-order valence-corrected chi connectivity index (χ4v) is 2.44. The van der Waals surface area contributed by atoms with Crippen molar-refractivity contribution in [1.29, 1.82) is 0 Å². The summed E-state index contributed by atoms with van der Waals surface area (Å²) in [5.74, 6) is -0.983. The third kappa shape index (κ3) is 2.35. The molecule has 0 saturated carbocycles. The second-order valence-corrected chi connectivity index (χ2v) is 5.35. The quantitative estimate of drug-likeness (QED) is 0.830. The summed E-state index contributed by atoms with van der Waals surface area (Å²) in [7, 11) is 0. The summed E-state index contributed by atoms with van der Waals surface area (Å²) in [6.07, 6.45) is 2.03. The number of carbonyl (C=O) groups is 1. The van der Waals surface area contributed by atoms with Crippen LogP contribution < -0.4 is 5.73 Å². The maximum atomic E-state index is 11.2. The van der Waals surface area contributed by atoms with Crippen molar-refractivity contribution in [2.75, 3.05) is 6.26 Å². The molecule has 2 aromatic rings. The molecule has 0 unspecified atom stereocenters. The largest absolute Gasteiger partial charge is 0.479 e. The van der Waals surface area contributed by atoms with E-state index < -0.39 is 10.8 Å². The lowest BCUT2D eigenvalue weighted by molar-refractivity contribution is -0.139. The highest BCUT2D eigenvalue weighted by molar-refractivity contribution is 8.00. The maximum absolute atomic E-state index is 11.2. The van der Waals surface area contributed by atoms with Gasteiger partial charge in [0.25, 0.3) is 0 Å². The minimum absolute atomic E-state index is 0.310. The zero-order chi connectivity index (χ0) is 13.2. The van der Waals surface area contributed by atoms with E-state index in [2.05, 4.69) is 0 Å². The summed E-state index contributed by atoms with van der Waals surface area (Å²) in [6.45, 7) is 0. The van der Waals surface area contributed by atoms with Gasteiger partial charge in [0.05, 0.1) is 0 Å². The van der Waals surface area contributed by atoms with Gasteiger partial charge in [-0.05, 0) is 22.6 Å². The molecule has 18 heavy (non-hydrogen) atoms. The van der Waals surface area contributed by atoms with Crippen LogP contribution in [0.3, 0.4) is 0 Å². The molecule has 4 heteroatoms. The topological polar surface area (TPSA) is 63.3 Å². The van der Waals surface area contributed by atoms with Crippen molar-refractivity contribution in [2.24, 2.45) is 5.73 Å². The van der Waals surface area contributed by atoms with Crippen LogP contribution in [0.1, 0.15) is 5.56 Å². The Kier molecular flexibility index (Phi) is 3.59. The van der Waals surface area contributed by atoms with Gasteiger partial charge in [-0.1, -0.05) is 42.5 Å². The molecule has 0 aliphatic rings. The number of hydrogen-bond acceptors (Lipinski definition) is 3. The second kappa shape index (κ2) is 5.00. The van der Waals surface area contributed by atoms with Gasteiger partial charge in [-0.2, -0.15) is 0 Å². The lowest BCUT2D eigenvalue weighted by Crippen LogP contribution is -2.46. The zero-order valence-electron chi connectivity index (χ0n) is 10.1. The number of rotatable bonds is 4. The number of nitrogens with two attached hydrogens (primary N) is 1. The average Bonchev–Trinajstić information content (AvgIpc) is 2.39. The van der Waals surface area contributed by atoms with E-state index in [-0.39, 0.29) is 0 Å². The monoisotopic (exact) mass is 261 g/mol. The van der Waals surface area contributed by atoms with E-state index in [1.54, 1.807) is 6.26 Å². The van der Waals surface area contributed by atoms with Crippen LogP contribution in [0.2, 0.25) is 0 Å². The number of benzene rings is 2. The highest BCUT2D eigenvalue weighted by Crippen LogP contribution is 2.27. The highest BCUT2D eigenvalue weighted by Gasteiger charge is 2.33. The molecule has 0 bridgehead atoms. The molecular weight excluding hydrogens is 246 g/mol. The van der Waals surface area contributed by atoms with E-state index in [4.69, 9.17) is 5.73 Å². The number of aliphatic carboxylic acids is 1. The van der Waals surface area contributed by atoms with Crippen LogP contribution in [0.4, 0.5) is 0 Å². The van der Waals surface area contributed by atoms with Gasteiger partial charge in [0, 0.05) is 6.42 Å². The molecule has 0 amide bonds. The van der Waals surface area contributed by atoms with Gasteiger partial charge in [-0.15, -0.1) is 11.8 Å². The molecule has 1 atom stereocenters. The number of carboxylic acids is 1. The van der Waals surface area contributed by atoms with Crippen molar-refractivity contribution < 1.29 is 9.90 Å². The Balaban J connectivity index is 2.46. The fraction of sp³-hybridized carbons (Fsp3) is 0.214. The van der Waals surface area contributed by atoms with Gasteiger partial charge in [0.2, 0.25) is 0 Å². The highest BCUT2D eigenvalue weighted by atomic mass is 32.2. The van der Waals surface area contributed by atoms with E-state index >= 15 is 0 Å². The molecule has 0 aromatic heterocycles. The van der Waals surface area contributed by atoms with Crippen molar-refractivity contribution in [3.05, 3.63) is 48.0 Å². The summed E-state index contributed by atoms with van der Waals surface area (Å²) in [4.78, 5) is 9.97. The fourth-order valence-electron chi connectivity index (χ4n) is 1.96. The SMILES string of the molecule is CS[C@](N)(Cc1cccc2ccccc12)C(=O)O. The van der Waals surface area contributed by atoms with Crippen LogP contribution in [0, 0.1) is 0 Å². The summed E-state index contributed by atoms with van der Waals surface area (Å²) in [5.41, 5.74) is 6.89. The Morgan fingerprint density at radius 3 is 2.61 bits per heavy atom. The summed E-state index contributed by atoms with van der Waals surface area (Å²) in [5, 5.41) is 11.4. The van der Waals surface area contributed by atoms with Crippen molar-refractivity contribution in [1.82, 2.24) is 0 Å². The lowest BCUT2D eigenvalue weighted by Gasteiger charge is -2.23. The lowest BCUT2D eigenvalue weighted by atomic mass is 9.99. The van der Waals surface area contributed by atoms with E-state index in [0.29, 0.717) is 6.42 Å². The minimum Gasteiger partial charge on any atom is -0.479 e. The first kappa shape index (κ1) is 12.9. The maximum Gasteiger partial charge on any atom is 0.334 e. The Morgan fingerprint density at radius 1 is 1.28 bits per heavy atom. The average molecular weight is 261 g/mol. The molecule has 0 radical (unpaired) electrons. The molecule has 0 aliphatic heterocycles. The van der Waals surface area contributed by atoms with Gasteiger partial charge in [-0.25, -0.2) is 4.79 Å². The summed E-state index contributed by atoms with van der Waals surface area (Å²) in [6, 6.07) is 13.8. The van der Waals surface area contributed by atoms with E-state index in [1.807, 2.05) is 42.5 Å². The van der Waals surface area contributed by atoms with Gasteiger partial charge < -0.3 is 10.8 Å². The third-order valence-corrected chi connectivity index (χ3v) is 4.11. The minimum atomic E-state index is -1.27. The first-order chi connectivity index (χ1) is 8.57. The summed E-state index contributed by atoms with van der Waals surface area (Å²) >= 11 is 1.16. The molecule has 0 spiro atoms. The van der Waals surface area contributed by atoms with Crippen LogP contribution in [0.25, 0.3) is 10.8 Å². The first-order valence-electron chi connectivity index (χ1n) is 5.61. The van der Waals surface area contributed by atoms with E-state index in [0.717, 1.165) is 28.1 Å². The normalized spacial score (nSPS) is 14.3.